The standard InChI is InChI=1S/C25H28N4O2/c1-3-30-25(31-4-2)23-22-18(17-12-8-9-13-19(17)27-22)14-20(28-23)24-26-15-21(29-24)16-10-6-5-7-11-16/h5-13,15,20,23,25,27-28H,3-4,14H2,1-2H3,(H,26,29). The lowest BCUT2D eigenvalue weighted by molar-refractivity contribution is -0.158. The summed E-state index contributed by atoms with van der Waals surface area (Å²) in [7, 11) is 0. The number of hydrogen-bond donors (Lipinski definition) is 3. The first kappa shape index (κ1) is 20.0. The molecule has 4 aromatic rings. The average Bonchev–Trinajstić information content (AvgIpc) is 3.44. The van der Waals surface area contributed by atoms with Gasteiger partial charge < -0.3 is 19.4 Å². The van der Waals surface area contributed by atoms with Crippen LogP contribution in [-0.4, -0.2) is 34.5 Å². The highest BCUT2D eigenvalue weighted by Crippen LogP contribution is 2.38. The molecule has 2 atom stereocenters. The van der Waals surface area contributed by atoms with Gasteiger partial charge in [-0.15, -0.1) is 0 Å². The summed E-state index contributed by atoms with van der Waals surface area (Å²) in [6, 6.07) is 18.6. The second-order valence-corrected chi connectivity index (χ2v) is 7.79. The van der Waals surface area contributed by atoms with E-state index in [9.17, 15) is 0 Å². The molecule has 0 aliphatic carbocycles. The van der Waals surface area contributed by atoms with E-state index in [1.807, 2.05) is 38.2 Å². The van der Waals surface area contributed by atoms with Crippen LogP contribution in [0, 0.1) is 0 Å². The molecule has 160 valence electrons. The Morgan fingerprint density at radius 1 is 0.968 bits per heavy atom. The Hall–Kier alpha value is -2.93. The van der Waals surface area contributed by atoms with Crippen molar-refractivity contribution in [2.24, 2.45) is 0 Å². The Morgan fingerprint density at radius 2 is 1.71 bits per heavy atom. The zero-order valence-corrected chi connectivity index (χ0v) is 17.9. The van der Waals surface area contributed by atoms with E-state index < -0.39 is 0 Å². The van der Waals surface area contributed by atoms with Crippen LogP contribution in [0.2, 0.25) is 0 Å². The molecule has 2 aromatic carbocycles. The van der Waals surface area contributed by atoms with E-state index in [2.05, 4.69) is 51.7 Å². The van der Waals surface area contributed by atoms with Crippen LogP contribution in [0.1, 0.15) is 43.0 Å². The van der Waals surface area contributed by atoms with Crippen molar-refractivity contribution in [3.8, 4) is 11.3 Å². The molecule has 0 fully saturated rings. The van der Waals surface area contributed by atoms with Crippen LogP contribution in [0.3, 0.4) is 0 Å². The third-order valence-electron chi connectivity index (χ3n) is 5.89. The van der Waals surface area contributed by atoms with E-state index in [1.54, 1.807) is 0 Å². The molecule has 2 aromatic heterocycles. The van der Waals surface area contributed by atoms with Gasteiger partial charge in [-0.1, -0.05) is 48.5 Å². The van der Waals surface area contributed by atoms with Crippen molar-refractivity contribution in [3.05, 3.63) is 77.9 Å². The van der Waals surface area contributed by atoms with Crippen LogP contribution in [0.15, 0.2) is 60.8 Å². The van der Waals surface area contributed by atoms with Crippen LogP contribution < -0.4 is 5.32 Å². The van der Waals surface area contributed by atoms with E-state index in [4.69, 9.17) is 14.5 Å². The molecular weight excluding hydrogens is 388 g/mol. The van der Waals surface area contributed by atoms with Crippen molar-refractivity contribution < 1.29 is 9.47 Å². The fourth-order valence-corrected chi connectivity index (χ4v) is 4.51. The second kappa shape index (κ2) is 8.67. The first-order chi connectivity index (χ1) is 15.3. The molecule has 6 nitrogen and oxygen atoms in total. The smallest absolute Gasteiger partial charge is 0.178 e. The average molecular weight is 417 g/mol. The molecular formula is C25H28N4O2. The maximum atomic E-state index is 6.00. The molecule has 0 spiro atoms. The fraction of sp³-hybridized carbons (Fsp3) is 0.320. The number of aromatic nitrogens is 3. The quantitative estimate of drug-likeness (QED) is 0.375. The van der Waals surface area contributed by atoms with Gasteiger partial charge in [0.15, 0.2) is 6.29 Å². The van der Waals surface area contributed by atoms with Gasteiger partial charge in [0.05, 0.1) is 24.0 Å². The third-order valence-corrected chi connectivity index (χ3v) is 5.89. The lowest BCUT2D eigenvalue weighted by Crippen LogP contribution is -2.42. The number of benzene rings is 2. The van der Waals surface area contributed by atoms with Gasteiger partial charge in [-0.3, -0.25) is 5.32 Å². The molecule has 0 radical (unpaired) electrons. The maximum Gasteiger partial charge on any atom is 0.178 e. The minimum atomic E-state index is -0.381. The van der Waals surface area contributed by atoms with Gasteiger partial charge in [0.2, 0.25) is 0 Å². The van der Waals surface area contributed by atoms with Crippen molar-refractivity contribution >= 4 is 10.9 Å². The van der Waals surface area contributed by atoms with Gasteiger partial charge in [-0.25, -0.2) is 4.98 Å². The summed E-state index contributed by atoms with van der Waals surface area (Å²) in [5.74, 6) is 0.923. The molecule has 3 heterocycles. The lowest BCUT2D eigenvalue weighted by Gasteiger charge is -2.35. The van der Waals surface area contributed by atoms with E-state index in [0.717, 1.165) is 34.7 Å². The van der Waals surface area contributed by atoms with Crippen molar-refractivity contribution in [2.45, 2.75) is 38.6 Å². The number of hydrogen-bond acceptors (Lipinski definition) is 4. The van der Waals surface area contributed by atoms with Gasteiger partial charge in [-0.05, 0) is 37.5 Å². The number of aromatic amines is 2. The minimum absolute atomic E-state index is 0.0255. The van der Waals surface area contributed by atoms with E-state index in [0.29, 0.717) is 13.2 Å². The van der Waals surface area contributed by atoms with E-state index >= 15 is 0 Å². The van der Waals surface area contributed by atoms with E-state index in [-0.39, 0.29) is 18.4 Å². The molecule has 0 saturated carbocycles. The first-order valence-electron chi connectivity index (χ1n) is 11.0. The SMILES string of the molecule is CCOC(OCC)C1NC(c2ncc(-c3ccccc3)[nH]2)Cc2c1[nH]c1ccccc21. The van der Waals surface area contributed by atoms with Crippen LogP contribution in [0.5, 0.6) is 0 Å². The summed E-state index contributed by atoms with van der Waals surface area (Å²) in [5.41, 5.74) is 5.72. The normalized spacial score (nSPS) is 18.5. The van der Waals surface area contributed by atoms with Gasteiger partial charge in [0.25, 0.3) is 0 Å². The molecule has 31 heavy (non-hydrogen) atoms. The van der Waals surface area contributed by atoms with Crippen molar-refractivity contribution in [1.82, 2.24) is 20.3 Å². The molecule has 3 N–H and O–H groups in total. The molecule has 1 aliphatic heterocycles. The summed E-state index contributed by atoms with van der Waals surface area (Å²) >= 11 is 0. The van der Waals surface area contributed by atoms with Crippen LogP contribution in [0.25, 0.3) is 22.2 Å². The number of rotatable bonds is 7. The Labute approximate surface area is 182 Å². The van der Waals surface area contributed by atoms with Crippen molar-refractivity contribution in [2.75, 3.05) is 13.2 Å². The lowest BCUT2D eigenvalue weighted by atomic mass is 9.93. The molecule has 0 saturated heterocycles. The zero-order valence-electron chi connectivity index (χ0n) is 17.9. The first-order valence-corrected chi connectivity index (χ1v) is 11.0. The summed E-state index contributed by atoms with van der Waals surface area (Å²) in [5, 5.41) is 4.99. The summed E-state index contributed by atoms with van der Waals surface area (Å²) in [6.45, 7) is 5.16. The molecule has 2 unspecified atom stereocenters. The molecule has 6 heteroatoms. The second-order valence-electron chi connectivity index (χ2n) is 7.79. The number of fused-ring (bicyclic) bond motifs is 3. The number of para-hydroxylation sites is 1. The van der Waals surface area contributed by atoms with Crippen LogP contribution >= 0.6 is 0 Å². The summed E-state index contributed by atoms with van der Waals surface area (Å²) < 4.78 is 12.0. The number of imidazole rings is 1. The Balaban J connectivity index is 1.54. The molecule has 5 rings (SSSR count). The minimum Gasteiger partial charge on any atom is -0.357 e. The van der Waals surface area contributed by atoms with Crippen LogP contribution in [0.4, 0.5) is 0 Å². The molecule has 0 amide bonds. The van der Waals surface area contributed by atoms with Crippen molar-refractivity contribution in [1.29, 1.82) is 0 Å². The number of nitrogens with zero attached hydrogens (tertiary/aromatic N) is 1. The number of nitrogens with one attached hydrogen (secondary N) is 3. The van der Waals surface area contributed by atoms with Crippen molar-refractivity contribution in [3.63, 3.8) is 0 Å². The topological polar surface area (TPSA) is 75.0 Å². The molecule has 1 aliphatic rings. The highest BCUT2D eigenvalue weighted by molar-refractivity contribution is 5.85. The van der Waals surface area contributed by atoms with Gasteiger partial charge in [0, 0.05) is 29.8 Å². The Bertz CT molecular complexity index is 1140. The Morgan fingerprint density at radius 3 is 2.48 bits per heavy atom. The third kappa shape index (κ3) is 3.78. The molecule has 0 bridgehead atoms. The summed E-state index contributed by atoms with van der Waals surface area (Å²) in [4.78, 5) is 11.9. The van der Waals surface area contributed by atoms with Gasteiger partial charge >= 0.3 is 0 Å². The van der Waals surface area contributed by atoms with Gasteiger partial charge in [-0.2, -0.15) is 0 Å². The summed E-state index contributed by atoms with van der Waals surface area (Å²) in [6.07, 6.45) is 2.37. The Kier molecular flexibility index (Phi) is 5.59. The van der Waals surface area contributed by atoms with E-state index in [1.165, 1.54) is 10.9 Å². The highest BCUT2D eigenvalue weighted by Gasteiger charge is 2.37. The maximum absolute atomic E-state index is 6.00. The monoisotopic (exact) mass is 416 g/mol. The number of H-pyrrole nitrogens is 2. The highest BCUT2D eigenvalue weighted by atomic mass is 16.7. The zero-order chi connectivity index (χ0) is 21.2. The van der Waals surface area contributed by atoms with Gasteiger partial charge in [0.1, 0.15) is 5.82 Å². The predicted molar refractivity (Wildman–Crippen MR) is 122 cm³/mol. The number of ether oxygens (including phenoxy) is 2. The predicted octanol–water partition coefficient (Wildman–Crippen LogP) is 4.89. The fourth-order valence-electron chi connectivity index (χ4n) is 4.51. The van der Waals surface area contributed by atoms with Crippen LogP contribution in [-0.2, 0) is 15.9 Å². The largest absolute Gasteiger partial charge is 0.357 e.